The third-order valence-electron chi connectivity index (χ3n) is 2.21. The minimum Gasteiger partial charge on any atom is -0.549 e. The van der Waals surface area contributed by atoms with Crippen molar-refractivity contribution in [2.45, 2.75) is 18.6 Å². The molecule has 0 aliphatic carbocycles. The average molecular weight is 278 g/mol. The van der Waals surface area contributed by atoms with Crippen molar-refractivity contribution in [3.05, 3.63) is 30.5 Å². The number of carboxylic acid groups (broad SMARTS) is 1. The van der Waals surface area contributed by atoms with Crippen LogP contribution in [-0.4, -0.2) is 26.5 Å². The Bertz CT molecular complexity index is 589. The number of hydrogen-bond donors (Lipinski definition) is 0. The molecule has 2 aromatic heterocycles. The second kappa shape index (κ2) is 5.75. The molecule has 0 fully saturated rings. The van der Waals surface area contributed by atoms with Gasteiger partial charge in [0.05, 0.1) is 12.2 Å². The van der Waals surface area contributed by atoms with Gasteiger partial charge in [0.1, 0.15) is 0 Å². The Morgan fingerprint density at radius 3 is 2.95 bits per heavy atom. The molecule has 0 atom stereocenters. The van der Waals surface area contributed by atoms with E-state index in [9.17, 15) is 9.90 Å². The summed E-state index contributed by atoms with van der Waals surface area (Å²) in [6.07, 6.45) is 1.54. The van der Waals surface area contributed by atoms with Crippen LogP contribution in [-0.2, 0) is 11.3 Å². The van der Waals surface area contributed by atoms with E-state index in [0.29, 0.717) is 23.3 Å². The number of hydrogen-bond acceptors (Lipinski definition) is 6. The predicted octanol–water partition coefficient (Wildman–Crippen LogP) is 0.956. The summed E-state index contributed by atoms with van der Waals surface area (Å²) in [5.74, 6) is -0.190. The molecule has 0 saturated carbocycles. The van der Waals surface area contributed by atoms with E-state index in [1.807, 2.05) is 6.92 Å². The number of furan rings is 1. The van der Waals surface area contributed by atoms with Gasteiger partial charge in [-0.1, -0.05) is 23.9 Å². The van der Waals surface area contributed by atoms with Gasteiger partial charge in [-0.2, -0.15) is 0 Å². The molecule has 0 aromatic carbocycles. The molecular formula is C12H12N3O3S-. The summed E-state index contributed by atoms with van der Waals surface area (Å²) in [5, 5.41) is 19.0. The molecule has 2 heterocycles. The smallest absolute Gasteiger partial charge is 0.200 e. The molecule has 6 nitrogen and oxygen atoms in total. The fourth-order valence-corrected chi connectivity index (χ4v) is 2.17. The van der Waals surface area contributed by atoms with Crippen LogP contribution in [0.15, 0.2) is 40.1 Å². The fourth-order valence-electron chi connectivity index (χ4n) is 1.52. The topological polar surface area (TPSA) is 84.0 Å². The third-order valence-corrected chi connectivity index (χ3v) is 3.15. The standard InChI is InChI=1S/C12H13N3O3S/c1-8(2)6-15-11(9-4-3-5-18-9)13-14-12(15)19-7-10(16)17/h3-5H,1,6-7H2,2H3,(H,16,17)/p-1. The van der Waals surface area contributed by atoms with Crippen LogP contribution in [0.1, 0.15) is 6.92 Å². The number of carbonyl (C=O) groups is 1. The zero-order valence-corrected chi connectivity index (χ0v) is 11.1. The van der Waals surface area contributed by atoms with Crippen LogP contribution < -0.4 is 5.11 Å². The van der Waals surface area contributed by atoms with Gasteiger partial charge in [-0.25, -0.2) is 0 Å². The molecule has 0 N–H and O–H groups in total. The molecule has 0 amide bonds. The van der Waals surface area contributed by atoms with Crippen LogP contribution in [0.5, 0.6) is 0 Å². The summed E-state index contributed by atoms with van der Waals surface area (Å²) in [6, 6.07) is 3.52. The zero-order chi connectivity index (χ0) is 13.8. The van der Waals surface area contributed by atoms with Crippen molar-refractivity contribution in [1.29, 1.82) is 0 Å². The van der Waals surface area contributed by atoms with Crippen molar-refractivity contribution in [2.24, 2.45) is 0 Å². The van der Waals surface area contributed by atoms with Gasteiger partial charge in [0.2, 0.25) is 5.82 Å². The quantitative estimate of drug-likeness (QED) is 0.578. The van der Waals surface area contributed by atoms with Gasteiger partial charge in [0, 0.05) is 12.3 Å². The normalized spacial score (nSPS) is 10.6. The molecular weight excluding hydrogens is 266 g/mol. The summed E-state index contributed by atoms with van der Waals surface area (Å²) < 4.78 is 7.06. The average Bonchev–Trinajstić information content (AvgIpc) is 2.94. The highest BCUT2D eigenvalue weighted by Crippen LogP contribution is 2.24. The third kappa shape index (κ3) is 3.25. The van der Waals surface area contributed by atoms with Gasteiger partial charge in [0.25, 0.3) is 0 Å². The Labute approximate surface area is 114 Å². The molecule has 2 rings (SSSR count). The van der Waals surface area contributed by atoms with Crippen LogP contribution >= 0.6 is 11.8 Å². The van der Waals surface area contributed by atoms with Crippen LogP contribution in [0, 0.1) is 0 Å². The molecule has 0 saturated heterocycles. The molecule has 0 radical (unpaired) electrons. The molecule has 0 aliphatic heterocycles. The number of aliphatic carboxylic acids is 1. The Hall–Kier alpha value is -2.02. The molecule has 0 aliphatic rings. The number of allylic oxidation sites excluding steroid dienone is 1. The van der Waals surface area contributed by atoms with Crippen molar-refractivity contribution >= 4 is 17.7 Å². The number of carboxylic acids is 1. The summed E-state index contributed by atoms with van der Waals surface area (Å²) in [4.78, 5) is 10.5. The Balaban J connectivity index is 2.33. The van der Waals surface area contributed by atoms with E-state index in [4.69, 9.17) is 4.42 Å². The van der Waals surface area contributed by atoms with Crippen LogP contribution in [0.3, 0.4) is 0 Å². The van der Waals surface area contributed by atoms with E-state index in [2.05, 4.69) is 16.8 Å². The SMILES string of the molecule is C=C(C)Cn1c(SCC(=O)[O-])nnc1-c1ccco1. The predicted molar refractivity (Wildman–Crippen MR) is 68.3 cm³/mol. The molecule has 0 bridgehead atoms. The first-order chi connectivity index (χ1) is 9.08. The van der Waals surface area contributed by atoms with E-state index in [1.54, 1.807) is 23.0 Å². The molecule has 100 valence electrons. The Morgan fingerprint density at radius 1 is 1.58 bits per heavy atom. The van der Waals surface area contributed by atoms with Crippen molar-refractivity contribution in [3.63, 3.8) is 0 Å². The fraction of sp³-hybridized carbons (Fsp3) is 0.250. The van der Waals surface area contributed by atoms with Crippen LogP contribution in [0.25, 0.3) is 11.6 Å². The maximum atomic E-state index is 10.5. The van der Waals surface area contributed by atoms with Crippen molar-refractivity contribution < 1.29 is 14.3 Å². The lowest BCUT2D eigenvalue weighted by Gasteiger charge is -2.08. The summed E-state index contributed by atoms with van der Waals surface area (Å²) in [7, 11) is 0. The first kappa shape index (κ1) is 13.4. The summed E-state index contributed by atoms with van der Waals surface area (Å²) in [6.45, 7) is 6.22. The van der Waals surface area contributed by atoms with Crippen LogP contribution in [0.4, 0.5) is 0 Å². The second-order valence-electron chi connectivity index (χ2n) is 3.99. The van der Waals surface area contributed by atoms with Gasteiger partial charge in [-0.05, 0) is 19.1 Å². The highest BCUT2D eigenvalue weighted by molar-refractivity contribution is 7.99. The first-order valence-corrected chi connectivity index (χ1v) is 6.50. The van der Waals surface area contributed by atoms with E-state index < -0.39 is 5.97 Å². The number of thioether (sulfide) groups is 1. The highest BCUT2D eigenvalue weighted by atomic mass is 32.2. The number of aromatic nitrogens is 3. The number of nitrogens with zero attached hydrogens (tertiary/aromatic N) is 3. The van der Waals surface area contributed by atoms with Crippen molar-refractivity contribution in [3.8, 4) is 11.6 Å². The maximum Gasteiger partial charge on any atom is 0.200 e. The Kier molecular flexibility index (Phi) is 4.06. The Morgan fingerprint density at radius 2 is 2.37 bits per heavy atom. The monoisotopic (exact) mass is 278 g/mol. The molecule has 19 heavy (non-hydrogen) atoms. The summed E-state index contributed by atoms with van der Waals surface area (Å²) in [5.41, 5.74) is 0.905. The van der Waals surface area contributed by atoms with E-state index in [-0.39, 0.29) is 5.75 Å². The van der Waals surface area contributed by atoms with Gasteiger partial charge in [-0.15, -0.1) is 10.2 Å². The van der Waals surface area contributed by atoms with E-state index in [0.717, 1.165) is 17.3 Å². The minimum atomic E-state index is -1.14. The van der Waals surface area contributed by atoms with Gasteiger partial charge < -0.3 is 14.3 Å². The minimum absolute atomic E-state index is 0.174. The van der Waals surface area contributed by atoms with Crippen molar-refractivity contribution in [1.82, 2.24) is 14.8 Å². The van der Waals surface area contributed by atoms with Gasteiger partial charge in [0.15, 0.2) is 10.9 Å². The van der Waals surface area contributed by atoms with Crippen molar-refractivity contribution in [2.75, 3.05) is 5.75 Å². The molecule has 7 heteroatoms. The van der Waals surface area contributed by atoms with E-state index >= 15 is 0 Å². The number of rotatable bonds is 6. The largest absolute Gasteiger partial charge is 0.549 e. The summed E-state index contributed by atoms with van der Waals surface area (Å²) >= 11 is 1.06. The maximum absolute atomic E-state index is 10.5. The highest BCUT2D eigenvalue weighted by Gasteiger charge is 2.16. The van der Waals surface area contributed by atoms with E-state index in [1.165, 1.54) is 0 Å². The molecule has 2 aromatic rings. The van der Waals surface area contributed by atoms with Gasteiger partial charge in [-0.3, -0.25) is 4.57 Å². The second-order valence-corrected chi connectivity index (χ2v) is 4.93. The van der Waals surface area contributed by atoms with Gasteiger partial charge >= 0.3 is 0 Å². The molecule has 0 unspecified atom stereocenters. The molecule has 0 spiro atoms. The number of carbonyl (C=O) groups excluding carboxylic acids is 1. The van der Waals surface area contributed by atoms with Crippen LogP contribution in [0.2, 0.25) is 0 Å². The lowest BCUT2D eigenvalue weighted by molar-refractivity contribution is -0.301. The zero-order valence-electron chi connectivity index (χ0n) is 10.3. The lowest BCUT2D eigenvalue weighted by Crippen LogP contribution is -2.24. The lowest BCUT2D eigenvalue weighted by atomic mass is 10.3. The first-order valence-electron chi connectivity index (χ1n) is 5.52.